The van der Waals surface area contributed by atoms with Crippen LogP contribution in [0.3, 0.4) is 0 Å². The van der Waals surface area contributed by atoms with E-state index in [-0.39, 0.29) is 11.6 Å². The monoisotopic (exact) mass is 259 g/mol. The van der Waals surface area contributed by atoms with Crippen LogP contribution in [0.5, 0.6) is 0 Å². The van der Waals surface area contributed by atoms with E-state index in [1.807, 2.05) is 0 Å². The molecule has 0 aliphatic rings. The van der Waals surface area contributed by atoms with Crippen LogP contribution in [0.2, 0.25) is 0 Å². The van der Waals surface area contributed by atoms with Crippen LogP contribution in [0.4, 0.5) is 0 Å². The predicted octanol–water partition coefficient (Wildman–Crippen LogP) is 0.739. The van der Waals surface area contributed by atoms with Crippen LogP contribution in [0, 0.1) is 0 Å². The van der Waals surface area contributed by atoms with E-state index >= 15 is 0 Å². The number of rotatable bonds is 5. The molecule has 0 aromatic carbocycles. The van der Waals surface area contributed by atoms with Gasteiger partial charge in [0.2, 0.25) is 0 Å². The Labute approximate surface area is 99.7 Å². The summed E-state index contributed by atoms with van der Waals surface area (Å²) in [5, 5.41) is -0.240. The number of nitrogens with zero attached hydrogens (tertiary/aromatic N) is 1. The third kappa shape index (κ3) is 3.79. The lowest BCUT2D eigenvalue weighted by atomic mass is 10.4. The molecule has 0 N–H and O–H groups in total. The van der Waals surface area contributed by atoms with Crippen molar-refractivity contribution in [2.45, 2.75) is 25.0 Å². The SMILES string of the molecule is CCOC(=O)[C@H](C)OS(=O)(=O)c1ccccn1. The lowest BCUT2D eigenvalue weighted by molar-refractivity contribution is -0.150. The molecule has 0 radical (unpaired) electrons. The molecule has 1 atom stereocenters. The second-order valence-electron chi connectivity index (χ2n) is 3.11. The van der Waals surface area contributed by atoms with Gasteiger partial charge in [0.25, 0.3) is 0 Å². The summed E-state index contributed by atoms with van der Waals surface area (Å²) in [5.41, 5.74) is 0. The zero-order chi connectivity index (χ0) is 12.9. The number of ether oxygens (including phenoxy) is 1. The third-order valence-electron chi connectivity index (χ3n) is 1.78. The molecule has 1 heterocycles. The summed E-state index contributed by atoms with van der Waals surface area (Å²) in [4.78, 5) is 14.9. The summed E-state index contributed by atoms with van der Waals surface area (Å²) in [7, 11) is -4.03. The van der Waals surface area contributed by atoms with Crippen molar-refractivity contribution in [1.82, 2.24) is 4.98 Å². The van der Waals surface area contributed by atoms with Crippen molar-refractivity contribution in [3.63, 3.8) is 0 Å². The van der Waals surface area contributed by atoms with Crippen molar-refractivity contribution in [3.05, 3.63) is 24.4 Å². The quantitative estimate of drug-likeness (QED) is 0.573. The molecule has 0 aliphatic carbocycles. The van der Waals surface area contributed by atoms with Gasteiger partial charge in [0.15, 0.2) is 11.1 Å². The highest BCUT2D eigenvalue weighted by molar-refractivity contribution is 7.86. The van der Waals surface area contributed by atoms with Gasteiger partial charge in [-0.3, -0.25) is 4.18 Å². The van der Waals surface area contributed by atoms with Crippen molar-refractivity contribution in [3.8, 4) is 0 Å². The minimum atomic E-state index is -4.03. The summed E-state index contributed by atoms with van der Waals surface area (Å²) < 4.78 is 32.6. The van der Waals surface area contributed by atoms with Crippen LogP contribution in [-0.4, -0.2) is 32.1 Å². The average molecular weight is 259 g/mol. The molecule has 0 amide bonds. The first-order valence-electron chi connectivity index (χ1n) is 4.98. The highest BCUT2D eigenvalue weighted by atomic mass is 32.2. The minimum absolute atomic E-state index is 0.163. The lowest BCUT2D eigenvalue weighted by Gasteiger charge is -2.11. The van der Waals surface area contributed by atoms with Crippen molar-refractivity contribution in [1.29, 1.82) is 0 Å². The fourth-order valence-corrected chi connectivity index (χ4v) is 2.03. The van der Waals surface area contributed by atoms with Gasteiger partial charge in [0, 0.05) is 6.20 Å². The van der Waals surface area contributed by atoms with Gasteiger partial charge in [0.05, 0.1) is 6.61 Å². The largest absolute Gasteiger partial charge is 0.464 e. The molecule has 0 saturated heterocycles. The molecule has 0 unspecified atom stereocenters. The molecule has 0 spiro atoms. The number of carbonyl (C=O) groups is 1. The molecule has 1 rings (SSSR count). The van der Waals surface area contributed by atoms with Crippen molar-refractivity contribution in [2.24, 2.45) is 0 Å². The first kappa shape index (κ1) is 13.6. The molecule has 0 fully saturated rings. The molecule has 6 nitrogen and oxygen atoms in total. The van der Waals surface area contributed by atoms with Crippen LogP contribution < -0.4 is 0 Å². The Morgan fingerprint density at radius 2 is 2.18 bits per heavy atom. The van der Waals surface area contributed by atoms with Crippen LogP contribution in [-0.2, 0) is 23.8 Å². The minimum Gasteiger partial charge on any atom is -0.464 e. The summed E-state index contributed by atoms with van der Waals surface area (Å²) in [6.45, 7) is 3.09. The Morgan fingerprint density at radius 3 is 2.71 bits per heavy atom. The van der Waals surface area contributed by atoms with E-state index in [0.717, 1.165) is 0 Å². The van der Waals surface area contributed by atoms with Crippen molar-refractivity contribution in [2.75, 3.05) is 6.61 Å². The normalized spacial score (nSPS) is 13.1. The van der Waals surface area contributed by atoms with E-state index in [1.165, 1.54) is 25.3 Å². The van der Waals surface area contributed by atoms with E-state index < -0.39 is 22.2 Å². The second-order valence-corrected chi connectivity index (χ2v) is 4.63. The number of carbonyl (C=O) groups excluding carboxylic acids is 1. The van der Waals surface area contributed by atoms with Gasteiger partial charge in [-0.15, -0.1) is 0 Å². The zero-order valence-electron chi connectivity index (χ0n) is 9.49. The molecule has 17 heavy (non-hydrogen) atoms. The lowest BCUT2D eigenvalue weighted by Crippen LogP contribution is -2.26. The van der Waals surface area contributed by atoms with Crippen LogP contribution >= 0.6 is 0 Å². The highest BCUT2D eigenvalue weighted by Gasteiger charge is 2.25. The van der Waals surface area contributed by atoms with Crippen molar-refractivity contribution >= 4 is 16.1 Å². The standard InChI is InChI=1S/C10H13NO5S/c1-3-15-10(12)8(2)16-17(13,14)9-6-4-5-7-11-9/h4-8H,3H2,1-2H3/t8-/m0/s1. The molecule has 1 aromatic heterocycles. The first-order chi connectivity index (χ1) is 7.97. The Morgan fingerprint density at radius 1 is 1.47 bits per heavy atom. The Bertz CT molecular complexity index is 471. The van der Waals surface area contributed by atoms with Crippen molar-refractivity contribution < 1.29 is 22.1 Å². The molecule has 7 heteroatoms. The summed E-state index contributed by atoms with van der Waals surface area (Å²) in [6, 6.07) is 4.37. The average Bonchev–Trinajstić information content (AvgIpc) is 2.30. The predicted molar refractivity (Wildman–Crippen MR) is 58.6 cm³/mol. The number of esters is 1. The highest BCUT2D eigenvalue weighted by Crippen LogP contribution is 2.11. The first-order valence-corrected chi connectivity index (χ1v) is 6.39. The molecule has 0 bridgehead atoms. The fourth-order valence-electron chi connectivity index (χ4n) is 1.03. The molecule has 0 saturated carbocycles. The molecular weight excluding hydrogens is 246 g/mol. The van der Waals surface area contributed by atoms with Gasteiger partial charge in [-0.05, 0) is 26.0 Å². The Balaban J connectivity index is 2.78. The Kier molecular flexibility index (Phi) is 4.59. The van der Waals surface area contributed by atoms with Gasteiger partial charge in [-0.1, -0.05) is 6.07 Å². The van der Waals surface area contributed by atoms with Gasteiger partial charge >= 0.3 is 16.1 Å². The van der Waals surface area contributed by atoms with Crippen LogP contribution in [0.1, 0.15) is 13.8 Å². The maximum Gasteiger partial charge on any atom is 0.336 e. The van der Waals surface area contributed by atoms with E-state index in [4.69, 9.17) is 0 Å². The number of aromatic nitrogens is 1. The fraction of sp³-hybridized carbons (Fsp3) is 0.400. The number of hydrogen-bond donors (Lipinski definition) is 0. The van der Waals surface area contributed by atoms with E-state index in [0.29, 0.717) is 0 Å². The maximum absolute atomic E-state index is 11.7. The van der Waals surface area contributed by atoms with Crippen LogP contribution in [0.15, 0.2) is 29.4 Å². The van der Waals surface area contributed by atoms with Gasteiger partial charge < -0.3 is 4.74 Å². The molecule has 1 aromatic rings. The smallest absolute Gasteiger partial charge is 0.336 e. The van der Waals surface area contributed by atoms with Crippen LogP contribution in [0.25, 0.3) is 0 Å². The zero-order valence-corrected chi connectivity index (χ0v) is 10.3. The van der Waals surface area contributed by atoms with Gasteiger partial charge in [-0.2, -0.15) is 8.42 Å². The molecule has 0 aliphatic heterocycles. The van der Waals surface area contributed by atoms with E-state index in [9.17, 15) is 13.2 Å². The maximum atomic E-state index is 11.7. The number of hydrogen-bond acceptors (Lipinski definition) is 6. The topological polar surface area (TPSA) is 82.6 Å². The van der Waals surface area contributed by atoms with Gasteiger partial charge in [-0.25, -0.2) is 9.78 Å². The number of pyridine rings is 1. The van der Waals surface area contributed by atoms with Gasteiger partial charge in [0.1, 0.15) is 0 Å². The summed E-state index contributed by atoms with van der Waals surface area (Å²) >= 11 is 0. The summed E-state index contributed by atoms with van der Waals surface area (Å²) in [5.74, 6) is -0.730. The third-order valence-corrected chi connectivity index (χ3v) is 3.08. The Hall–Kier alpha value is -1.47. The molecule has 94 valence electrons. The van der Waals surface area contributed by atoms with E-state index in [1.54, 1.807) is 13.0 Å². The summed E-state index contributed by atoms with van der Waals surface area (Å²) in [6.07, 6.45) is 0.132. The second kappa shape index (κ2) is 5.74. The molecular formula is C10H13NO5S. The van der Waals surface area contributed by atoms with E-state index in [2.05, 4.69) is 13.9 Å².